The van der Waals surface area contributed by atoms with E-state index in [-0.39, 0.29) is 17.8 Å². The summed E-state index contributed by atoms with van der Waals surface area (Å²) >= 11 is 0. The minimum Gasteiger partial charge on any atom is -0.387 e. The van der Waals surface area contributed by atoms with Crippen LogP contribution in [0.1, 0.15) is 27.0 Å². The Balaban J connectivity index is 1.91. The fourth-order valence-electron chi connectivity index (χ4n) is 2.80. The summed E-state index contributed by atoms with van der Waals surface area (Å²) in [6, 6.07) is 0. The van der Waals surface area contributed by atoms with Crippen LogP contribution in [0.5, 0.6) is 0 Å². The highest BCUT2D eigenvalue weighted by Gasteiger charge is 2.47. The van der Waals surface area contributed by atoms with E-state index in [0.29, 0.717) is 11.2 Å². The molecule has 24 heavy (non-hydrogen) atoms. The maximum Gasteiger partial charge on any atom is 0.302 e. The van der Waals surface area contributed by atoms with Gasteiger partial charge in [0.05, 0.1) is 25.6 Å². The lowest BCUT2D eigenvalue weighted by Crippen LogP contribution is -2.36. The quantitative estimate of drug-likeness (QED) is 0.617. The number of ether oxygens (including phenoxy) is 2. The van der Waals surface area contributed by atoms with Crippen molar-refractivity contribution in [2.45, 2.75) is 50.9 Å². The molecule has 1 saturated heterocycles. The Hall–Kier alpha value is -1.81. The van der Waals surface area contributed by atoms with E-state index in [1.54, 1.807) is 22.5 Å². The SMILES string of the molecule is C[n+]1cn(C2OC(COC(C)(C)C)C(O)C2O)c2nc[nH]c(=O)c21. The Morgan fingerprint density at radius 2 is 2.12 bits per heavy atom. The number of hydrogen-bond acceptors (Lipinski definition) is 6. The maximum atomic E-state index is 11.9. The molecule has 0 aliphatic carbocycles. The molecule has 3 N–H and O–H groups in total. The van der Waals surface area contributed by atoms with Crippen LogP contribution in [0.25, 0.3) is 11.2 Å². The largest absolute Gasteiger partial charge is 0.387 e. The van der Waals surface area contributed by atoms with Crippen LogP contribution in [0.2, 0.25) is 0 Å². The highest BCUT2D eigenvalue weighted by molar-refractivity contribution is 5.64. The van der Waals surface area contributed by atoms with Crippen LogP contribution in [-0.2, 0) is 16.5 Å². The molecule has 0 amide bonds. The summed E-state index contributed by atoms with van der Waals surface area (Å²) in [6.07, 6.45) is -0.877. The van der Waals surface area contributed by atoms with E-state index in [4.69, 9.17) is 9.47 Å². The number of rotatable bonds is 3. The van der Waals surface area contributed by atoms with E-state index in [1.807, 2.05) is 20.8 Å². The zero-order chi connectivity index (χ0) is 17.6. The summed E-state index contributed by atoms with van der Waals surface area (Å²) < 4.78 is 14.6. The van der Waals surface area contributed by atoms with E-state index in [0.717, 1.165) is 0 Å². The van der Waals surface area contributed by atoms with Gasteiger partial charge < -0.3 is 24.7 Å². The van der Waals surface area contributed by atoms with Gasteiger partial charge in [0.25, 0.3) is 11.2 Å². The number of H-pyrrole nitrogens is 1. The first-order chi connectivity index (χ1) is 11.2. The van der Waals surface area contributed by atoms with Crippen molar-refractivity contribution in [3.05, 3.63) is 23.0 Å². The fraction of sp³-hybridized carbons (Fsp3) is 0.667. The third-order valence-corrected chi connectivity index (χ3v) is 4.00. The van der Waals surface area contributed by atoms with Gasteiger partial charge in [0.1, 0.15) is 18.3 Å². The Labute approximate surface area is 138 Å². The number of aromatic amines is 1. The first-order valence-corrected chi connectivity index (χ1v) is 7.78. The summed E-state index contributed by atoms with van der Waals surface area (Å²) in [4.78, 5) is 18.6. The van der Waals surface area contributed by atoms with Crippen LogP contribution in [0, 0.1) is 0 Å². The second kappa shape index (κ2) is 5.92. The van der Waals surface area contributed by atoms with Crippen molar-refractivity contribution >= 4 is 11.2 Å². The summed E-state index contributed by atoms with van der Waals surface area (Å²) in [5.41, 5.74) is 0.0575. The van der Waals surface area contributed by atoms with Gasteiger partial charge in [0.15, 0.2) is 0 Å². The summed E-state index contributed by atoms with van der Waals surface area (Å²) in [6.45, 7) is 5.85. The molecule has 3 rings (SSSR count). The first kappa shape index (κ1) is 17.0. The molecule has 0 spiro atoms. The van der Waals surface area contributed by atoms with E-state index in [1.165, 1.54) is 6.33 Å². The van der Waals surface area contributed by atoms with Gasteiger partial charge in [-0.1, -0.05) is 0 Å². The third kappa shape index (κ3) is 2.95. The number of imidazole rings is 1. The average Bonchev–Trinajstić information content (AvgIpc) is 2.96. The van der Waals surface area contributed by atoms with Crippen LogP contribution in [0.3, 0.4) is 0 Å². The molecule has 4 unspecified atom stereocenters. The molecule has 0 saturated carbocycles. The Morgan fingerprint density at radius 3 is 2.79 bits per heavy atom. The Bertz CT molecular complexity index is 793. The molecule has 132 valence electrons. The van der Waals surface area contributed by atoms with Gasteiger partial charge in [0, 0.05) is 0 Å². The van der Waals surface area contributed by atoms with E-state index >= 15 is 0 Å². The predicted octanol–water partition coefficient (Wildman–Crippen LogP) is -1.02. The lowest BCUT2D eigenvalue weighted by atomic mass is 10.1. The van der Waals surface area contributed by atoms with Gasteiger partial charge in [0.2, 0.25) is 12.6 Å². The van der Waals surface area contributed by atoms with Crippen molar-refractivity contribution in [1.29, 1.82) is 0 Å². The standard InChI is InChI=1S/C15H22N4O5/c1-15(2,3)23-5-8-10(20)11(21)14(24-8)19-7-18(4)9-12(19)16-6-17-13(9)22/h6-8,10-11,14,20-21H,5H2,1-4H3/p+1. The molecule has 1 aliphatic heterocycles. The van der Waals surface area contributed by atoms with Gasteiger partial charge in [-0.2, -0.15) is 9.55 Å². The molecule has 1 fully saturated rings. The normalized spacial score (nSPS) is 27.9. The number of aryl methyl sites for hydroxylation is 1. The van der Waals surface area contributed by atoms with E-state index in [9.17, 15) is 15.0 Å². The van der Waals surface area contributed by atoms with Crippen LogP contribution in [-0.4, -0.2) is 55.3 Å². The van der Waals surface area contributed by atoms with Crippen molar-refractivity contribution in [1.82, 2.24) is 14.5 Å². The van der Waals surface area contributed by atoms with Gasteiger partial charge in [-0.3, -0.25) is 4.79 Å². The van der Waals surface area contributed by atoms with Gasteiger partial charge in [-0.05, 0) is 20.8 Å². The Kier molecular flexibility index (Phi) is 4.20. The van der Waals surface area contributed by atoms with Gasteiger partial charge in [-0.25, -0.2) is 4.57 Å². The van der Waals surface area contributed by atoms with Crippen molar-refractivity contribution in [3.8, 4) is 0 Å². The zero-order valence-corrected chi connectivity index (χ0v) is 14.1. The highest BCUT2D eigenvalue weighted by atomic mass is 16.6. The minimum atomic E-state index is -1.16. The monoisotopic (exact) mass is 339 g/mol. The maximum absolute atomic E-state index is 11.9. The summed E-state index contributed by atoms with van der Waals surface area (Å²) in [7, 11) is 1.70. The van der Waals surface area contributed by atoms with Crippen LogP contribution >= 0.6 is 0 Å². The number of fused-ring (bicyclic) bond motifs is 1. The second-order valence-electron chi connectivity index (χ2n) is 7.01. The molecule has 4 atom stereocenters. The van der Waals surface area contributed by atoms with Crippen molar-refractivity contribution in [3.63, 3.8) is 0 Å². The third-order valence-electron chi connectivity index (χ3n) is 4.00. The number of aliphatic hydroxyl groups excluding tert-OH is 2. The predicted molar refractivity (Wildman–Crippen MR) is 83.2 cm³/mol. The van der Waals surface area contributed by atoms with Crippen LogP contribution in [0.4, 0.5) is 0 Å². The molecule has 9 nitrogen and oxygen atoms in total. The second-order valence-corrected chi connectivity index (χ2v) is 7.01. The molecular formula is C15H23N4O5+. The molecule has 2 aromatic heterocycles. The van der Waals surface area contributed by atoms with Crippen LogP contribution in [0.15, 0.2) is 17.4 Å². The number of hydrogen-bond donors (Lipinski definition) is 3. The number of nitrogens with one attached hydrogen (secondary N) is 1. The lowest BCUT2D eigenvalue weighted by molar-refractivity contribution is -0.646. The lowest BCUT2D eigenvalue weighted by Gasteiger charge is -2.23. The minimum absolute atomic E-state index is 0.150. The molecule has 3 heterocycles. The van der Waals surface area contributed by atoms with Crippen molar-refractivity contribution < 1.29 is 24.3 Å². The number of nitrogens with zero attached hydrogens (tertiary/aromatic N) is 3. The molecule has 9 heteroatoms. The average molecular weight is 339 g/mol. The van der Waals surface area contributed by atoms with Crippen molar-refractivity contribution in [2.24, 2.45) is 7.05 Å². The van der Waals surface area contributed by atoms with Crippen molar-refractivity contribution in [2.75, 3.05) is 6.61 Å². The highest BCUT2D eigenvalue weighted by Crippen LogP contribution is 2.31. The molecular weight excluding hydrogens is 316 g/mol. The zero-order valence-electron chi connectivity index (χ0n) is 14.1. The smallest absolute Gasteiger partial charge is 0.302 e. The summed E-state index contributed by atoms with van der Waals surface area (Å²) in [5.74, 6) is 0. The molecule has 0 aromatic carbocycles. The molecule has 2 aromatic rings. The van der Waals surface area contributed by atoms with Crippen LogP contribution < -0.4 is 10.1 Å². The number of aliphatic hydroxyl groups is 2. The Morgan fingerprint density at radius 1 is 1.42 bits per heavy atom. The topological polar surface area (TPSA) is 113 Å². The number of aromatic nitrogens is 4. The first-order valence-electron chi connectivity index (χ1n) is 7.78. The van der Waals surface area contributed by atoms with Gasteiger partial charge >= 0.3 is 5.56 Å². The molecule has 0 bridgehead atoms. The fourth-order valence-corrected chi connectivity index (χ4v) is 2.80. The summed E-state index contributed by atoms with van der Waals surface area (Å²) in [5, 5.41) is 20.6. The molecule has 1 aliphatic rings. The molecule has 0 radical (unpaired) electrons. The van der Waals surface area contributed by atoms with Gasteiger partial charge in [-0.15, -0.1) is 0 Å². The van der Waals surface area contributed by atoms with E-state index < -0.39 is 24.5 Å². The van der Waals surface area contributed by atoms with E-state index in [2.05, 4.69) is 9.97 Å².